The smallest absolute Gasteiger partial charge is 0.253 e. The molecule has 2 aliphatic heterocycles. The second-order valence-electron chi connectivity index (χ2n) is 6.79. The van der Waals surface area contributed by atoms with Crippen LogP contribution in [0.5, 0.6) is 0 Å². The highest BCUT2D eigenvalue weighted by atomic mass is 16.2. The molecular formula is C24H22N2O4. The van der Waals surface area contributed by atoms with E-state index in [1.54, 1.807) is 0 Å². The zero-order valence-corrected chi connectivity index (χ0v) is 16.4. The van der Waals surface area contributed by atoms with Crippen molar-refractivity contribution in [2.75, 3.05) is 13.1 Å². The lowest BCUT2D eigenvalue weighted by atomic mass is 10.1. The lowest BCUT2D eigenvalue weighted by Gasteiger charge is -2.13. The number of rotatable bonds is 6. The van der Waals surface area contributed by atoms with Crippen LogP contribution in [0.1, 0.15) is 11.1 Å². The fraction of sp³-hybridized carbons (Fsp3) is 0.167. The van der Waals surface area contributed by atoms with Gasteiger partial charge in [0.2, 0.25) is 0 Å². The van der Waals surface area contributed by atoms with Crippen molar-refractivity contribution in [3.63, 3.8) is 0 Å². The van der Waals surface area contributed by atoms with Crippen LogP contribution in [0, 0.1) is 0 Å². The molecule has 0 radical (unpaired) electrons. The lowest BCUT2D eigenvalue weighted by molar-refractivity contribution is -0.138. The van der Waals surface area contributed by atoms with Crippen molar-refractivity contribution in [1.29, 1.82) is 0 Å². The van der Waals surface area contributed by atoms with Gasteiger partial charge in [0, 0.05) is 37.4 Å². The summed E-state index contributed by atoms with van der Waals surface area (Å²) in [6.45, 7) is 0.906. The Labute approximate surface area is 175 Å². The summed E-state index contributed by atoms with van der Waals surface area (Å²) < 4.78 is 0. The van der Waals surface area contributed by atoms with Crippen LogP contribution in [0.4, 0.5) is 0 Å². The maximum atomic E-state index is 11.2. The summed E-state index contributed by atoms with van der Waals surface area (Å²) >= 11 is 0. The van der Waals surface area contributed by atoms with E-state index in [0.717, 1.165) is 11.1 Å². The highest BCUT2D eigenvalue weighted by Crippen LogP contribution is 2.08. The van der Waals surface area contributed by atoms with Crippen LogP contribution in [0.15, 0.2) is 85.0 Å². The van der Waals surface area contributed by atoms with E-state index in [0.29, 0.717) is 25.9 Å². The molecule has 30 heavy (non-hydrogen) atoms. The molecule has 0 saturated carbocycles. The van der Waals surface area contributed by atoms with Crippen molar-refractivity contribution < 1.29 is 19.2 Å². The van der Waals surface area contributed by atoms with Crippen LogP contribution < -0.4 is 0 Å². The van der Waals surface area contributed by atoms with Gasteiger partial charge in [-0.1, -0.05) is 60.7 Å². The third-order valence-corrected chi connectivity index (χ3v) is 4.73. The van der Waals surface area contributed by atoms with Crippen molar-refractivity contribution in [2.24, 2.45) is 0 Å². The predicted molar refractivity (Wildman–Crippen MR) is 112 cm³/mol. The summed E-state index contributed by atoms with van der Waals surface area (Å²) in [7, 11) is 0. The molecular weight excluding hydrogens is 380 g/mol. The van der Waals surface area contributed by atoms with E-state index in [1.807, 2.05) is 60.7 Å². The number of carbonyl (C=O) groups is 4. The van der Waals surface area contributed by atoms with Crippen molar-refractivity contribution >= 4 is 23.6 Å². The molecule has 0 fully saturated rings. The number of carbonyl (C=O) groups excluding carboxylic acids is 4. The first-order valence-corrected chi connectivity index (χ1v) is 9.69. The Morgan fingerprint density at radius 3 is 1.07 bits per heavy atom. The van der Waals surface area contributed by atoms with Crippen LogP contribution in [-0.2, 0) is 32.0 Å². The molecule has 0 N–H and O–H groups in total. The Balaban J connectivity index is 0.000000171. The largest absolute Gasteiger partial charge is 0.275 e. The number of amides is 4. The molecule has 2 aromatic carbocycles. The minimum Gasteiger partial charge on any atom is -0.275 e. The average Bonchev–Trinajstić information content (AvgIpc) is 3.27. The fourth-order valence-electron chi connectivity index (χ4n) is 3.07. The first kappa shape index (κ1) is 20.9. The first-order valence-electron chi connectivity index (χ1n) is 9.69. The van der Waals surface area contributed by atoms with Gasteiger partial charge in [-0.15, -0.1) is 0 Å². The predicted octanol–water partition coefficient (Wildman–Crippen LogP) is 2.31. The monoisotopic (exact) mass is 402 g/mol. The highest BCUT2D eigenvalue weighted by molar-refractivity contribution is 6.13. The van der Waals surface area contributed by atoms with E-state index >= 15 is 0 Å². The van der Waals surface area contributed by atoms with Crippen LogP contribution in [-0.4, -0.2) is 46.5 Å². The maximum Gasteiger partial charge on any atom is 0.253 e. The summed E-state index contributed by atoms with van der Waals surface area (Å²) in [6.07, 6.45) is 6.67. The lowest BCUT2D eigenvalue weighted by Crippen LogP contribution is -2.31. The summed E-state index contributed by atoms with van der Waals surface area (Å²) in [4.78, 5) is 47.4. The van der Waals surface area contributed by atoms with E-state index in [9.17, 15) is 19.2 Å². The molecule has 152 valence electrons. The molecule has 2 aliphatic rings. The Bertz CT molecular complexity index is 863. The number of nitrogens with zero attached hydrogens (tertiary/aromatic N) is 2. The molecule has 0 bridgehead atoms. The van der Waals surface area contributed by atoms with Gasteiger partial charge in [0.1, 0.15) is 0 Å². The van der Waals surface area contributed by atoms with E-state index in [1.165, 1.54) is 34.1 Å². The SMILES string of the molecule is O=C1C=CC(=O)N1CCc1ccccc1.O=C1C=CC(=O)N1CCc1ccccc1. The van der Waals surface area contributed by atoms with Gasteiger partial charge in [0.15, 0.2) is 0 Å². The van der Waals surface area contributed by atoms with Gasteiger partial charge in [0.05, 0.1) is 0 Å². The zero-order valence-electron chi connectivity index (χ0n) is 16.4. The van der Waals surface area contributed by atoms with Crippen molar-refractivity contribution in [3.8, 4) is 0 Å². The van der Waals surface area contributed by atoms with E-state index in [4.69, 9.17) is 0 Å². The Hall–Kier alpha value is -3.80. The van der Waals surface area contributed by atoms with E-state index < -0.39 is 0 Å². The molecule has 6 nitrogen and oxygen atoms in total. The summed E-state index contributed by atoms with van der Waals surface area (Å²) in [5.74, 6) is -0.848. The molecule has 0 spiro atoms. The van der Waals surface area contributed by atoms with Gasteiger partial charge in [-0.2, -0.15) is 0 Å². The normalized spacial score (nSPS) is 15.1. The molecule has 0 aromatic heterocycles. The molecule has 6 heteroatoms. The molecule has 0 atom stereocenters. The third kappa shape index (κ3) is 5.61. The van der Waals surface area contributed by atoms with E-state index in [2.05, 4.69) is 0 Å². The van der Waals surface area contributed by atoms with E-state index in [-0.39, 0.29) is 23.6 Å². The second-order valence-corrected chi connectivity index (χ2v) is 6.79. The van der Waals surface area contributed by atoms with Crippen LogP contribution >= 0.6 is 0 Å². The quantitative estimate of drug-likeness (QED) is 0.695. The van der Waals surface area contributed by atoms with Crippen LogP contribution in [0.25, 0.3) is 0 Å². The van der Waals surface area contributed by atoms with Crippen molar-refractivity contribution in [2.45, 2.75) is 12.8 Å². The molecule has 0 aliphatic carbocycles. The second kappa shape index (κ2) is 10.1. The first-order chi connectivity index (χ1) is 14.5. The third-order valence-electron chi connectivity index (χ3n) is 4.73. The van der Waals surface area contributed by atoms with Gasteiger partial charge in [-0.05, 0) is 24.0 Å². The Kier molecular flexibility index (Phi) is 7.05. The molecule has 2 heterocycles. The molecule has 0 saturated heterocycles. The number of imide groups is 2. The summed E-state index contributed by atoms with van der Waals surface area (Å²) in [6, 6.07) is 19.6. The Morgan fingerprint density at radius 1 is 0.467 bits per heavy atom. The van der Waals surface area contributed by atoms with Gasteiger partial charge in [-0.3, -0.25) is 29.0 Å². The summed E-state index contributed by atoms with van der Waals surface area (Å²) in [5, 5.41) is 0. The highest BCUT2D eigenvalue weighted by Gasteiger charge is 2.23. The number of hydrogen-bond acceptors (Lipinski definition) is 4. The molecule has 0 unspecified atom stereocenters. The standard InChI is InChI=1S/2C12H11NO2/c2*14-11-6-7-12(15)13(11)9-8-10-4-2-1-3-5-10/h2*1-7H,8-9H2. The maximum absolute atomic E-state index is 11.2. The fourth-order valence-corrected chi connectivity index (χ4v) is 3.07. The number of hydrogen-bond donors (Lipinski definition) is 0. The Morgan fingerprint density at radius 2 is 0.767 bits per heavy atom. The molecule has 2 aromatic rings. The van der Waals surface area contributed by atoms with Crippen LogP contribution in [0.2, 0.25) is 0 Å². The minimum absolute atomic E-state index is 0.212. The van der Waals surface area contributed by atoms with Gasteiger partial charge in [-0.25, -0.2) is 0 Å². The number of benzene rings is 2. The molecule has 4 rings (SSSR count). The zero-order chi connectivity index (χ0) is 21.3. The molecule has 4 amide bonds. The minimum atomic E-state index is -0.212. The summed E-state index contributed by atoms with van der Waals surface area (Å²) in [5.41, 5.74) is 2.26. The van der Waals surface area contributed by atoms with Crippen molar-refractivity contribution in [1.82, 2.24) is 9.80 Å². The van der Waals surface area contributed by atoms with Gasteiger partial charge < -0.3 is 0 Å². The topological polar surface area (TPSA) is 74.8 Å². The van der Waals surface area contributed by atoms with Gasteiger partial charge in [0.25, 0.3) is 23.6 Å². The average molecular weight is 402 g/mol. The van der Waals surface area contributed by atoms with Gasteiger partial charge >= 0.3 is 0 Å². The van der Waals surface area contributed by atoms with Crippen LogP contribution in [0.3, 0.4) is 0 Å². The van der Waals surface area contributed by atoms with Crippen molar-refractivity contribution in [3.05, 3.63) is 96.1 Å².